The molecule has 0 radical (unpaired) electrons. The Morgan fingerprint density at radius 2 is 1.97 bits per heavy atom. The normalized spacial score (nSPS) is 15.9. The van der Waals surface area contributed by atoms with Gasteiger partial charge >= 0.3 is 5.97 Å². The summed E-state index contributed by atoms with van der Waals surface area (Å²) in [6, 6.07) is 9.87. The Kier molecular flexibility index (Phi) is 7.48. The molecule has 0 fully saturated rings. The van der Waals surface area contributed by atoms with E-state index < -0.39 is 12.5 Å². The van der Waals surface area contributed by atoms with Crippen LogP contribution in [-0.2, 0) is 22.6 Å². The number of hydrogen-bond acceptors (Lipinski definition) is 6. The van der Waals surface area contributed by atoms with E-state index >= 15 is 0 Å². The second-order valence-corrected chi connectivity index (χ2v) is 9.74. The molecule has 7 nitrogen and oxygen atoms in total. The van der Waals surface area contributed by atoms with E-state index in [0.29, 0.717) is 15.1 Å². The SMILES string of the molecule is CC[n+]1c(C)csc1C=CC=c1sc(=CC=C2OC=C(c3ccccc3)N2C)c(=O)n1CC(=O)O. The third kappa shape index (κ3) is 5.36. The van der Waals surface area contributed by atoms with Crippen LogP contribution in [0.15, 0.2) is 64.8 Å². The molecule has 0 saturated carbocycles. The van der Waals surface area contributed by atoms with Crippen LogP contribution in [0.5, 0.6) is 0 Å². The highest BCUT2D eigenvalue weighted by Gasteiger charge is 2.19. The molecule has 1 N–H and O–H groups in total. The first-order valence-electron chi connectivity index (χ1n) is 11.0. The molecular formula is C26H26N3O4S2+. The largest absolute Gasteiger partial charge is 0.480 e. The fraction of sp³-hybridized carbons (Fsp3) is 0.192. The van der Waals surface area contributed by atoms with Crippen molar-refractivity contribution in [3.05, 3.63) is 95.8 Å². The highest BCUT2D eigenvalue weighted by Crippen LogP contribution is 2.28. The van der Waals surface area contributed by atoms with E-state index in [1.165, 1.54) is 21.6 Å². The summed E-state index contributed by atoms with van der Waals surface area (Å²) >= 11 is 2.89. The van der Waals surface area contributed by atoms with Gasteiger partial charge in [0.15, 0.2) is 11.6 Å². The van der Waals surface area contributed by atoms with Crippen molar-refractivity contribution in [2.45, 2.75) is 26.9 Å². The second-order valence-electron chi connectivity index (χ2n) is 7.79. The molecule has 0 amide bonds. The summed E-state index contributed by atoms with van der Waals surface area (Å²) in [5, 5.41) is 12.5. The van der Waals surface area contributed by atoms with Crippen molar-refractivity contribution in [2.24, 2.45) is 0 Å². The number of carbonyl (C=O) groups is 1. The van der Waals surface area contributed by atoms with Gasteiger partial charge in [0.2, 0.25) is 0 Å². The first-order chi connectivity index (χ1) is 16.9. The predicted molar refractivity (Wildman–Crippen MR) is 140 cm³/mol. The van der Waals surface area contributed by atoms with E-state index in [2.05, 4.69) is 23.8 Å². The lowest BCUT2D eigenvalue weighted by atomic mass is 10.1. The quantitative estimate of drug-likeness (QED) is 0.497. The zero-order chi connectivity index (χ0) is 24.9. The second kappa shape index (κ2) is 10.7. The van der Waals surface area contributed by atoms with Crippen LogP contribution in [0.3, 0.4) is 0 Å². The third-order valence-electron chi connectivity index (χ3n) is 5.50. The molecule has 9 heteroatoms. The molecule has 3 aromatic rings. The monoisotopic (exact) mass is 508 g/mol. The molecule has 1 aliphatic rings. The van der Waals surface area contributed by atoms with Gasteiger partial charge in [-0.05, 0) is 19.1 Å². The van der Waals surface area contributed by atoms with E-state index in [4.69, 9.17) is 4.74 Å². The minimum Gasteiger partial charge on any atom is -0.480 e. The summed E-state index contributed by atoms with van der Waals surface area (Å²) in [5.41, 5.74) is 2.77. The van der Waals surface area contributed by atoms with Crippen LogP contribution < -0.4 is 19.3 Å². The lowest BCUT2D eigenvalue weighted by Gasteiger charge is -2.15. The third-order valence-corrected chi connectivity index (χ3v) is 7.65. The number of thiazole rings is 2. The molecule has 0 spiro atoms. The number of allylic oxidation sites excluding steroid dienone is 2. The number of hydrogen-bond donors (Lipinski definition) is 1. The molecule has 180 valence electrons. The molecule has 0 atom stereocenters. The minimum atomic E-state index is -1.07. The van der Waals surface area contributed by atoms with Crippen molar-refractivity contribution in [2.75, 3.05) is 7.05 Å². The number of carboxylic acids is 1. The van der Waals surface area contributed by atoms with Gasteiger partial charge in [0.1, 0.15) is 19.4 Å². The molecule has 2 aromatic heterocycles. The van der Waals surface area contributed by atoms with Crippen molar-refractivity contribution in [3.8, 4) is 0 Å². The minimum absolute atomic E-state index is 0.346. The van der Waals surface area contributed by atoms with Gasteiger partial charge in [-0.1, -0.05) is 47.7 Å². The number of aromatic nitrogens is 2. The van der Waals surface area contributed by atoms with Crippen LogP contribution in [0.25, 0.3) is 23.9 Å². The van der Waals surface area contributed by atoms with E-state index in [1.54, 1.807) is 35.8 Å². The molecule has 1 aromatic carbocycles. The average molecular weight is 509 g/mol. The van der Waals surface area contributed by atoms with Gasteiger partial charge in [0.05, 0.1) is 20.3 Å². The highest BCUT2D eigenvalue weighted by molar-refractivity contribution is 7.10. The van der Waals surface area contributed by atoms with E-state index in [0.717, 1.165) is 22.8 Å². The number of ether oxygens (including phenoxy) is 1. The van der Waals surface area contributed by atoms with Crippen LogP contribution in [0.2, 0.25) is 0 Å². The topological polar surface area (TPSA) is 75.7 Å². The maximum Gasteiger partial charge on any atom is 0.323 e. The van der Waals surface area contributed by atoms with Crippen molar-refractivity contribution in [3.63, 3.8) is 0 Å². The summed E-state index contributed by atoms with van der Waals surface area (Å²) < 4.78 is 10.2. The summed E-state index contributed by atoms with van der Waals surface area (Å²) in [6.45, 7) is 4.61. The molecule has 0 saturated heterocycles. The maximum atomic E-state index is 13.0. The standard InChI is InChI=1S/C26H25N3O4S2/c1-4-28-18(2)17-34-23(28)11-8-12-24-29(15-25(30)31)26(32)21(35-24)13-14-22-27(3)20(16-33-22)19-9-6-5-7-10-19/h5-14,16-17H,4,15H2,1-3H3/p+1. The van der Waals surface area contributed by atoms with Crippen LogP contribution >= 0.6 is 22.7 Å². The molecule has 3 heterocycles. The van der Waals surface area contributed by atoms with Gasteiger partial charge in [-0.25, -0.2) is 0 Å². The molecular weight excluding hydrogens is 482 g/mol. The Bertz CT molecular complexity index is 1510. The molecule has 4 rings (SSSR count). The van der Waals surface area contributed by atoms with Gasteiger partial charge in [-0.2, -0.15) is 4.57 Å². The van der Waals surface area contributed by atoms with Gasteiger partial charge < -0.3 is 14.7 Å². The van der Waals surface area contributed by atoms with Crippen molar-refractivity contribution >= 4 is 52.6 Å². The summed E-state index contributed by atoms with van der Waals surface area (Å²) in [5.74, 6) is -0.495. The Morgan fingerprint density at radius 3 is 2.69 bits per heavy atom. The molecule has 0 aliphatic carbocycles. The molecule has 0 unspecified atom stereocenters. The van der Waals surface area contributed by atoms with Crippen LogP contribution in [0.4, 0.5) is 0 Å². The Hall–Kier alpha value is -3.69. The lowest BCUT2D eigenvalue weighted by molar-refractivity contribution is -0.696. The number of rotatable bonds is 7. The number of benzene rings is 1. The van der Waals surface area contributed by atoms with Crippen LogP contribution in [-0.4, -0.2) is 27.6 Å². The average Bonchev–Trinajstić information content (AvgIpc) is 3.48. The Labute approximate surface area is 210 Å². The van der Waals surface area contributed by atoms with E-state index in [9.17, 15) is 14.7 Å². The fourth-order valence-electron chi connectivity index (χ4n) is 3.71. The number of aryl methyl sites for hydroxylation is 1. The first-order valence-corrected chi connectivity index (χ1v) is 12.7. The Balaban J connectivity index is 1.66. The molecule has 0 bridgehead atoms. The number of aliphatic carboxylic acids is 1. The smallest absolute Gasteiger partial charge is 0.323 e. The molecule has 35 heavy (non-hydrogen) atoms. The number of carboxylic acid groups (broad SMARTS) is 1. The van der Waals surface area contributed by atoms with E-state index in [-0.39, 0.29) is 5.56 Å². The van der Waals surface area contributed by atoms with Gasteiger partial charge in [0, 0.05) is 31.7 Å². The first kappa shape index (κ1) is 24.4. The Morgan fingerprint density at radius 1 is 1.20 bits per heavy atom. The van der Waals surface area contributed by atoms with Crippen LogP contribution in [0, 0.1) is 6.92 Å². The highest BCUT2D eigenvalue weighted by atomic mass is 32.1. The fourth-order valence-corrected chi connectivity index (χ4v) is 5.65. The van der Waals surface area contributed by atoms with Crippen molar-refractivity contribution < 1.29 is 19.2 Å². The zero-order valence-electron chi connectivity index (χ0n) is 19.7. The van der Waals surface area contributed by atoms with Crippen molar-refractivity contribution in [1.82, 2.24) is 9.47 Å². The van der Waals surface area contributed by atoms with Gasteiger partial charge in [-0.15, -0.1) is 11.3 Å². The maximum absolute atomic E-state index is 13.0. The predicted octanol–water partition coefficient (Wildman–Crippen LogP) is 2.75. The number of nitrogens with zero attached hydrogens (tertiary/aromatic N) is 3. The van der Waals surface area contributed by atoms with Gasteiger partial charge in [-0.3, -0.25) is 14.2 Å². The summed E-state index contributed by atoms with van der Waals surface area (Å²) in [6.07, 6.45) is 10.7. The summed E-state index contributed by atoms with van der Waals surface area (Å²) in [7, 11) is 1.89. The molecule has 1 aliphatic heterocycles. The van der Waals surface area contributed by atoms with E-state index in [1.807, 2.05) is 54.4 Å². The lowest BCUT2D eigenvalue weighted by Crippen LogP contribution is -2.35. The zero-order valence-corrected chi connectivity index (χ0v) is 21.3. The van der Waals surface area contributed by atoms with Gasteiger partial charge in [0.25, 0.3) is 10.6 Å². The van der Waals surface area contributed by atoms with Crippen molar-refractivity contribution in [1.29, 1.82) is 0 Å². The summed E-state index contributed by atoms with van der Waals surface area (Å²) in [4.78, 5) is 26.3. The van der Waals surface area contributed by atoms with Crippen LogP contribution in [0.1, 0.15) is 23.2 Å².